The molecule has 4 amide bonds. The van der Waals surface area contributed by atoms with E-state index >= 15 is 0 Å². The van der Waals surface area contributed by atoms with Gasteiger partial charge in [-0.15, -0.1) is 0 Å². The van der Waals surface area contributed by atoms with Crippen molar-refractivity contribution >= 4 is 29.4 Å². The molecule has 0 radical (unpaired) electrons. The highest BCUT2D eigenvalue weighted by atomic mass is 35.5. The molecule has 1 saturated heterocycles. The summed E-state index contributed by atoms with van der Waals surface area (Å²) in [5.41, 5.74) is -0.0809. The summed E-state index contributed by atoms with van der Waals surface area (Å²) in [5.74, 6) is -0.540. The SMILES string of the molecule is CC1(C2CC2)NC(=O)N(CC(=O)NCc2ccccc2Cl)C1=O. The van der Waals surface area contributed by atoms with Crippen LogP contribution in [0.5, 0.6) is 0 Å². The predicted octanol–water partition coefficient (Wildman–Crippen LogP) is 1.68. The van der Waals surface area contributed by atoms with E-state index in [0.29, 0.717) is 5.02 Å². The van der Waals surface area contributed by atoms with Crippen LogP contribution in [-0.2, 0) is 16.1 Å². The van der Waals surface area contributed by atoms with Crippen LogP contribution < -0.4 is 10.6 Å². The number of nitrogens with one attached hydrogen (secondary N) is 2. The summed E-state index contributed by atoms with van der Waals surface area (Å²) in [4.78, 5) is 37.4. The third kappa shape index (κ3) is 3.03. The number of carbonyl (C=O) groups is 3. The van der Waals surface area contributed by atoms with Crippen molar-refractivity contribution in [2.24, 2.45) is 5.92 Å². The number of amides is 4. The maximum Gasteiger partial charge on any atom is 0.325 e. The molecule has 0 aromatic heterocycles. The van der Waals surface area contributed by atoms with Crippen LogP contribution in [0, 0.1) is 5.92 Å². The molecule has 3 rings (SSSR count). The molecule has 0 spiro atoms. The Morgan fingerprint density at radius 1 is 1.39 bits per heavy atom. The lowest BCUT2D eigenvalue weighted by atomic mass is 9.96. The van der Waals surface area contributed by atoms with Crippen molar-refractivity contribution in [2.45, 2.75) is 31.8 Å². The number of halogens is 1. The van der Waals surface area contributed by atoms with E-state index in [4.69, 9.17) is 11.6 Å². The van der Waals surface area contributed by atoms with Gasteiger partial charge in [-0.25, -0.2) is 4.79 Å². The fourth-order valence-corrected chi connectivity index (χ4v) is 3.03. The van der Waals surface area contributed by atoms with Crippen molar-refractivity contribution in [3.63, 3.8) is 0 Å². The highest BCUT2D eigenvalue weighted by Crippen LogP contribution is 2.42. The number of benzene rings is 1. The lowest BCUT2D eigenvalue weighted by Crippen LogP contribution is -2.46. The quantitative estimate of drug-likeness (QED) is 0.803. The van der Waals surface area contributed by atoms with Gasteiger partial charge in [-0.05, 0) is 37.3 Å². The van der Waals surface area contributed by atoms with Crippen molar-refractivity contribution in [3.8, 4) is 0 Å². The van der Waals surface area contributed by atoms with Crippen molar-refractivity contribution in [1.29, 1.82) is 0 Å². The number of rotatable bonds is 5. The van der Waals surface area contributed by atoms with E-state index in [0.717, 1.165) is 23.3 Å². The van der Waals surface area contributed by atoms with Crippen molar-refractivity contribution in [1.82, 2.24) is 15.5 Å². The molecular weight excluding hydrogens is 318 g/mol. The minimum absolute atomic E-state index is 0.176. The largest absolute Gasteiger partial charge is 0.350 e. The molecule has 1 saturated carbocycles. The van der Waals surface area contributed by atoms with Gasteiger partial charge in [0.05, 0.1) is 0 Å². The molecule has 2 aliphatic rings. The molecule has 1 aliphatic carbocycles. The smallest absolute Gasteiger partial charge is 0.325 e. The Kier molecular flexibility index (Phi) is 4.02. The molecule has 23 heavy (non-hydrogen) atoms. The second-order valence-electron chi connectivity index (χ2n) is 6.17. The second kappa shape index (κ2) is 5.85. The zero-order chi connectivity index (χ0) is 16.6. The van der Waals surface area contributed by atoms with E-state index in [1.54, 1.807) is 25.1 Å². The highest BCUT2D eigenvalue weighted by molar-refractivity contribution is 6.31. The van der Waals surface area contributed by atoms with Gasteiger partial charge in [-0.1, -0.05) is 29.8 Å². The Labute approximate surface area is 139 Å². The van der Waals surface area contributed by atoms with Gasteiger partial charge in [0.25, 0.3) is 5.91 Å². The van der Waals surface area contributed by atoms with Crippen LogP contribution in [0.4, 0.5) is 4.79 Å². The fourth-order valence-electron chi connectivity index (χ4n) is 2.83. The minimum atomic E-state index is -0.861. The Morgan fingerprint density at radius 3 is 2.74 bits per heavy atom. The van der Waals surface area contributed by atoms with Crippen LogP contribution in [0.2, 0.25) is 5.02 Å². The van der Waals surface area contributed by atoms with Crippen LogP contribution in [0.15, 0.2) is 24.3 Å². The van der Waals surface area contributed by atoms with Crippen LogP contribution in [0.3, 0.4) is 0 Å². The number of hydrogen-bond acceptors (Lipinski definition) is 3. The third-order valence-corrected chi connectivity index (χ3v) is 4.80. The van der Waals surface area contributed by atoms with Gasteiger partial charge in [0, 0.05) is 11.6 Å². The van der Waals surface area contributed by atoms with E-state index in [9.17, 15) is 14.4 Å². The van der Waals surface area contributed by atoms with Gasteiger partial charge < -0.3 is 10.6 Å². The van der Waals surface area contributed by atoms with Crippen molar-refractivity contribution in [2.75, 3.05) is 6.54 Å². The van der Waals surface area contributed by atoms with Gasteiger partial charge in [-0.2, -0.15) is 0 Å². The molecule has 2 fully saturated rings. The van der Waals surface area contributed by atoms with Gasteiger partial charge in [-0.3, -0.25) is 14.5 Å². The number of hydrogen-bond donors (Lipinski definition) is 2. The first kappa shape index (κ1) is 15.8. The number of nitrogens with zero attached hydrogens (tertiary/aromatic N) is 1. The van der Waals surface area contributed by atoms with E-state index < -0.39 is 17.5 Å². The molecule has 1 atom stereocenters. The summed E-state index contributed by atoms with van der Waals surface area (Å²) < 4.78 is 0. The summed E-state index contributed by atoms with van der Waals surface area (Å²) in [5, 5.41) is 5.96. The monoisotopic (exact) mass is 335 g/mol. The van der Waals surface area contributed by atoms with E-state index in [-0.39, 0.29) is 24.9 Å². The normalized spacial score (nSPS) is 23.8. The van der Waals surface area contributed by atoms with E-state index in [1.807, 2.05) is 6.07 Å². The van der Waals surface area contributed by atoms with Crippen LogP contribution in [0.1, 0.15) is 25.3 Å². The molecule has 0 bridgehead atoms. The Hall–Kier alpha value is -2.08. The zero-order valence-electron chi connectivity index (χ0n) is 12.8. The van der Waals surface area contributed by atoms with E-state index in [1.165, 1.54) is 0 Å². The Balaban J connectivity index is 1.59. The van der Waals surface area contributed by atoms with E-state index in [2.05, 4.69) is 10.6 Å². The molecule has 7 heteroatoms. The van der Waals surface area contributed by atoms with Gasteiger partial charge in [0.1, 0.15) is 12.1 Å². The Morgan fingerprint density at radius 2 is 2.09 bits per heavy atom. The molecule has 6 nitrogen and oxygen atoms in total. The number of carbonyl (C=O) groups excluding carboxylic acids is 3. The average Bonchev–Trinajstić information content (AvgIpc) is 3.33. The van der Waals surface area contributed by atoms with Crippen LogP contribution in [-0.4, -0.2) is 34.8 Å². The second-order valence-corrected chi connectivity index (χ2v) is 6.57. The zero-order valence-corrected chi connectivity index (χ0v) is 13.5. The van der Waals surface area contributed by atoms with Crippen molar-refractivity contribution < 1.29 is 14.4 Å². The van der Waals surface area contributed by atoms with Gasteiger partial charge >= 0.3 is 6.03 Å². The minimum Gasteiger partial charge on any atom is -0.350 e. The third-order valence-electron chi connectivity index (χ3n) is 4.43. The lowest BCUT2D eigenvalue weighted by molar-refractivity contribution is -0.135. The number of urea groups is 1. The average molecular weight is 336 g/mol. The molecule has 122 valence electrons. The summed E-state index contributed by atoms with van der Waals surface area (Å²) in [6, 6.07) is 6.67. The first-order valence-corrected chi connectivity index (χ1v) is 7.94. The standard InChI is InChI=1S/C16H18ClN3O3/c1-16(11-6-7-11)14(22)20(15(23)19-16)9-13(21)18-8-10-4-2-3-5-12(10)17/h2-5,11H,6-9H2,1H3,(H,18,21)(H,19,23). The maximum atomic E-state index is 12.4. The topological polar surface area (TPSA) is 78.5 Å². The molecule has 1 aliphatic heterocycles. The van der Waals surface area contributed by atoms with Gasteiger partial charge in [0.15, 0.2) is 0 Å². The summed E-state index contributed by atoms with van der Waals surface area (Å²) in [6.07, 6.45) is 1.85. The Bertz CT molecular complexity index is 674. The maximum absolute atomic E-state index is 12.4. The van der Waals surface area contributed by atoms with Crippen molar-refractivity contribution in [3.05, 3.63) is 34.9 Å². The van der Waals surface area contributed by atoms with Crippen LogP contribution >= 0.6 is 11.6 Å². The molecule has 1 unspecified atom stereocenters. The summed E-state index contributed by atoms with van der Waals surface area (Å²) in [7, 11) is 0. The molecule has 1 heterocycles. The first-order valence-electron chi connectivity index (χ1n) is 7.56. The summed E-state index contributed by atoms with van der Waals surface area (Å²) >= 11 is 6.02. The molecule has 2 N–H and O–H groups in total. The van der Waals surface area contributed by atoms with Crippen LogP contribution in [0.25, 0.3) is 0 Å². The molecular formula is C16H18ClN3O3. The fraction of sp³-hybridized carbons (Fsp3) is 0.438. The predicted molar refractivity (Wildman–Crippen MR) is 84.7 cm³/mol. The van der Waals surface area contributed by atoms with Gasteiger partial charge in [0.2, 0.25) is 5.91 Å². The highest BCUT2D eigenvalue weighted by Gasteiger charge is 2.56. The molecule has 1 aromatic carbocycles. The summed E-state index contributed by atoms with van der Waals surface area (Å²) in [6.45, 7) is 1.70. The lowest BCUT2D eigenvalue weighted by Gasteiger charge is -2.20. The molecule has 1 aromatic rings. The first-order chi connectivity index (χ1) is 10.9. The number of imide groups is 1.